The highest BCUT2D eigenvalue weighted by Crippen LogP contribution is 2.26. The molecule has 94 valence electrons. The molecule has 2 heterocycles. The van der Waals surface area contributed by atoms with E-state index in [4.69, 9.17) is 4.52 Å². The molecule has 0 bridgehead atoms. The summed E-state index contributed by atoms with van der Waals surface area (Å²) in [6.45, 7) is 3.54. The Balaban J connectivity index is 1.69. The second kappa shape index (κ2) is 4.92. The zero-order valence-corrected chi connectivity index (χ0v) is 10.5. The van der Waals surface area contributed by atoms with Gasteiger partial charge in [0.1, 0.15) is 5.69 Å². The van der Waals surface area contributed by atoms with Gasteiger partial charge in [-0.3, -0.25) is 4.90 Å². The monoisotopic (exact) mass is 243 g/mol. The van der Waals surface area contributed by atoms with Crippen molar-refractivity contribution in [1.82, 2.24) is 15.4 Å². The molecule has 4 heteroatoms. The van der Waals surface area contributed by atoms with Crippen LogP contribution in [-0.4, -0.2) is 17.1 Å². The zero-order chi connectivity index (χ0) is 12.4. The molecule has 0 amide bonds. The van der Waals surface area contributed by atoms with Crippen molar-refractivity contribution in [1.29, 1.82) is 0 Å². The largest absolute Gasteiger partial charge is 0.359 e. The molecular formula is C14H17N3O. The molecule has 1 N–H and O–H groups in total. The normalized spacial score (nSPS) is 14.9. The van der Waals surface area contributed by atoms with E-state index in [9.17, 15) is 0 Å². The fourth-order valence-electron chi connectivity index (χ4n) is 2.43. The van der Waals surface area contributed by atoms with E-state index < -0.39 is 0 Å². The third-order valence-corrected chi connectivity index (χ3v) is 3.29. The molecule has 1 aliphatic heterocycles. The number of hydrogen-bond acceptors (Lipinski definition) is 4. The fourth-order valence-corrected chi connectivity index (χ4v) is 2.43. The standard InChI is InChI=1S/C14H17N3O/c1-15-7-14-12-9-17(10-13(12)16-18-14)8-11-5-3-2-4-6-11/h2-6,15H,7-10H2,1H3. The van der Waals surface area contributed by atoms with E-state index in [0.29, 0.717) is 0 Å². The maximum atomic E-state index is 5.34. The lowest BCUT2D eigenvalue weighted by Gasteiger charge is -2.14. The first kappa shape index (κ1) is 11.4. The van der Waals surface area contributed by atoms with Crippen LogP contribution in [0.25, 0.3) is 0 Å². The summed E-state index contributed by atoms with van der Waals surface area (Å²) in [4.78, 5) is 2.39. The topological polar surface area (TPSA) is 41.3 Å². The average molecular weight is 243 g/mol. The van der Waals surface area contributed by atoms with Crippen molar-refractivity contribution in [3.05, 3.63) is 52.9 Å². The molecule has 1 aromatic heterocycles. The van der Waals surface area contributed by atoms with E-state index in [1.807, 2.05) is 13.1 Å². The molecule has 1 aliphatic rings. The summed E-state index contributed by atoms with van der Waals surface area (Å²) in [5, 5.41) is 7.26. The summed E-state index contributed by atoms with van der Waals surface area (Å²) >= 11 is 0. The molecule has 0 saturated heterocycles. The van der Waals surface area contributed by atoms with Crippen molar-refractivity contribution in [2.24, 2.45) is 0 Å². The van der Waals surface area contributed by atoms with Crippen molar-refractivity contribution in [3.8, 4) is 0 Å². The van der Waals surface area contributed by atoms with E-state index >= 15 is 0 Å². The maximum absolute atomic E-state index is 5.34. The molecule has 0 fully saturated rings. The summed E-state index contributed by atoms with van der Waals surface area (Å²) in [7, 11) is 1.92. The summed E-state index contributed by atoms with van der Waals surface area (Å²) in [5.74, 6) is 0.975. The lowest BCUT2D eigenvalue weighted by molar-refractivity contribution is 0.254. The minimum atomic E-state index is 0.751. The Morgan fingerprint density at radius 3 is 2.89 bits per heavy atom. The molecule has 0 aliphatic carbocycles. The smallest absolute Gasteiger partial charge is 0.155 e. The van der Waals surface area contributed by atoms with Crippen LogP contribution in [0.5, 0.6) is 0 Å². The molecule has 0 radical (unpaired) electrons. The second-order valence-electron chi connectivity index (χ2n) is 4.69. The van der Waals surface area contributed by atoms with Crippen LogP contribution >= 0.6 is 0 Å². The van der Waals surface area contributed by atoms with Crippen molar-refractivity contribution in [2.75, 3.05) is 7.05 Å². The Morgan fingerprint density at radius 2 is 2.11 bits per heavy atom. The molecule has 0 saturated carbocycles. The van der Waals surface area contributed by atoms with Crippen molar-refractivity contribution < 1.29 is 4.52 Å². The average Bonchev–Trinajstić information content (AvgIpc) is 2.93. The van der Waals surface area contributed by atoms with Gasteiger partial charge in [0.15, 0.2) is 5.76 Å². The Kier molecular flexibility index (Phi) is 3.13. The van der Waals surface area contributed by atoms with Gasteiger partial charge in [-0.1, -0.05) is 35.5 Å². The predicted octanol–water partition coefficient (Wildman–Crippen LogP) is 1.91. The van der Waals surface area contributed by atoms with Crippen molar-refractivity contribution in [2.45, 2.75) is 26.2 Å². The molecule has 1 aromatic carbocycles. The minimum absolute atomic E-state index is 0.751. The predicted molar refractivity (Wildman–Crippen MR) is 68.7 cm³/mol. The highest BCUT2D eigenvalue weighted by molar-refractivity contribution is 5.27. The Labute approximate surface area is 107 Å². The Morgan fingerprint density at radius 1 is 1.28 bits per heavy atom. The van der Waals surface area contributed by atoms with Crippen LogP contribution < -0.4 is 5.32 Å². The Hall–Kier alpha value is -1.65. The lowest BCUT2D eigenvalue weighted by atomic mass is 10.2. The first-order chi connectivity index (χ1) is 8.86. The van der Waals surface area contributed by atoms with Gasteiger partial charge in [-0.05, 0) is 12.6 Å². The van der Waals surface area contributed by atoms with Crippen LogP contribution in [0, 0.1) is 0 Å². The lowest BCUT2D eigenvalue weighted by Crippen LogP contribution is -2.16. The first-order valence-electron chi connectivity index (χ1n) is 6.24. The van der Waals surface area contributed by atoms with Gasteiger partial charge in [-0.25, -0.2) is 0 Å². The van der Waals surface area contributed by atoms with Crippen LogP contribution in [0.1, 0.15) is 22.6 Å². The molecule has 4 nitrogen and oxygen atoms in total. The number of fused-ring (bicyclic) bond motifs is 1. The van der Waals surface area contributed by atoms with E-state index in [2.05, 4.69) is 39.6 Å². The van der Waals surface area contributed by atoms with Crippen LogP contribution in [0.3, 0.4) is 0 Å². The van der Waals surface area contributed by atoms with E-state index in [1.54, 1.807) is 0 Å². The van der Waals surface area contributed by atoms with Gasteiger partial charge < -0.3 is 9.84 Å². The van der Waals surface area contributed by atoms with Gasteiger partial charge in [0.25, 0.3) is 0 Å². The number of rotatable bonds is 4. The SMILES string of the molecule is CNCc1onc2c1CN(Cc1ccccc1)C2. The third-order valence-electron chi connectivity index (χ3n) is 3.29. The second-order valence-corrected chi connectivity index (χ2v) is 4.69. The van der Waals surface area contributed by atoms with Crippen LogP contribution in [-0.2, 0) is 26.2 Å². The summed E-state index contributed by atoms with van der Waals surface area (Å²) < 4.78 is 5.34. The molecule has 0 unspecified atom stereocenters. The highest BCUT2D eigenvalue weighted by atomic mass is 16.5. The number of aromatic nitrogens is 1. The minimum Gasteiger partial charge on any atom is -0.359 e. The molecule has 18 heavy (non-hydrogen) atoms. The van der Waals surface area contributed by atoms with Gasteiger partial charge >= 0.3 is 0 Å². The van der Waals surface area contributed by atoms with Crippen LogP contribution in [0.15, 0.2) is 34.9 Å². The quantitative estimate of drug-likeness (QED) is 0.890. The van der Waals surface area contributed by atoms with Crippen LogP contribution in [0.2, 0.25) is 0 Å². The molecular weight excluding hydrogens is 226 g/mol. The maximum Gasteiger partial charge on any atom is 0.155 e. The number of nitrogens with zero attached hydrogens (tertiary/aromatic N) is 2. The fraction of sp³-hybridized carbons (Fsp3) is 0.357. The van der Waals surface area contributed by atoms with Gasteiger partial charge in [0.05, 0.1) is 6.54 Å². The zero-order valence-electron chi connectivity index (χ0n) is 10.5. The molecule has 2 aromatic rings. The van der Waals surface area contributed by atoms with Gasteiger partial charge in [0, 0.05) is 25.2 Å². The van der Waals surface area contributed by atoms with Gasteiger partial charge in [0.2, 0.25) is 0 Å². The van der Waals surface area contributed by atoms with Crippen LogP contribution in [0.4, 0.5) is 0 Å². The highest BCUT2D eigenvalue weighted by Gasteiger charge is 2.26. The molecule has 0 spiro atoms. The summed E-state index contributed by atoms with van der Waals surface area (Å²) in [6, 6.07) is 10.5. The number of benzene rings is 1. The van der Waals surface area contributed by atoms with Gasteiger partial charge in [-0.2, -0.15) is 0 Å². The first-order valence-corrected chi connectivity index (χ1v) is 6.24. The van der Waals surface area contributed by atoms with Gasteiger partial charge in [-0.15, -0.1) is 0 Å². The van der Waals surface area contributed by atoms with Crippen molar-refractivity contribution in [3.63, 3.8) is 0 Å². The van der Waals surface area contributed by atoms with E-state index in [-0.39, 0.29) is 0 Å². The molecule has 3 rings (SSSR count). The summed E-state index contributed by atoms with van der Waals surface area (Å²) in [6.07, 6.45) is 0. The van der Waals surface area contributed by atoms with Crippen molar-refractivity contribution >= 4 is 0 Å². The number of nitrogens with one attached hydrogen (secondary N) is 1. The Bertz CT molecular complexity index is 521. The number of hydrogen-bond donors (Lipinski definition) is 1. The third kappa shape index (κ3) is 2.17. The van der Waals surface area contributed by atoms with E-state index in [1.165, 1.54) is 11.1 Å². The summed E-state index contributed by atoms with van der Waals surface area (Å²) in [5.41, 5.74) is 3.70. The molecule has 0 atom stereocenters. The van der Waals surface area contributed by atoms with E-state index in [0.717, 1.165) is 37.6 Å².